The lowest BCUT2D eigenvalue weighted by molar-refractivity contribution is 0.295. The van der Waals surface area contributed by atoms with Crippen molar-refractivity contribution in [3.8, 4) is 0 Å². The zero-order valence-electron chi connectivity index (χ0n) is 11.5. The third-order valence-corrected chi connectivity index (χ3v) is 4.67. The van der Waals surface area contributed by atoms with Gasteiger partial charge in [-0.2, -0.15) is 11.8 Å². The molecule has 0 aromatic rings. The van der Waals surface area contributed by atoms with Gasteiger partial charge in [0, 0.05) is 29.1 Å². The maximum atomic E-state index is 3.67. The number of nitrogens with zero attached hydrogens (tertiary/aromatic N) is 1. The number of likely N-dealkylation sites (N-methyl/N-ethyl adjacent to an activating group) is 1. The lowest BCUT2D eigenvalue weighted by Crippen LogP contribution is -2.40. The summed E-state index contributed by atoms with van der Waals surface area (Å²) in [7, 11) is 2.24. The van der Waals surface area contributed by atoms with E-state index in [0.29, 0.717) is 10.8 Å². The van der Waals surface area contributed by atoms with E-state index in [-0.39, 0.29) is 0 Å². The predicted octanol–water partition coefficient (Wildman–Crippen LogP) is 2.59. The van der Waals surface area contributed by atoms with Gasteiger partial charge < -0.3 is 10.2 Å². The van der Waals surface area contributed by atoms with E-state index in [2.05, 4.69) is 45.0 Å². The fourth-order valence-corrected chi connectivity index (χ4v) is 2.88. The van der Waals surface area contributed by atoms with Crippen LogP contribution in [0, 0.1) is 0 Å². The monoisotopic (exact) mass is 244 g/mol. The fraction of sp³-hybridized carbons (Fsp3) is 1.00. The van der Waals surface area contributed by atoms with Crippen LogP contribution in [0.3, 0.4) is 0 Å². The summed E-state index contributed by atoms with van der Waals surface area (Å²) in [5, 5.41) is 3.67. The highest BCUT2D eigenvalue weighted by Crippen LogP contribution is 2.23. The van der Waals surface area contributed by atoms with Crippen molar-refractivity contribution in [1.82, 2.24) is 10.2 Å². The fourth-order valence-electron chi connectivity index (χ4n) is 2.01. The SMILES string of the molecule is CC(CSC(C)(C)C)NCC1CCCN1C. The molecular formula is C13H28N2S. The zero-order valence-corrected chi connectivity index (χ0v) is 12.4. The highest BCUT2D eigenvalue weighted by atomic mass is 32.2. The first-order valence-electron chi connectivity index (χ1n) is 6.46. The molecule has 0 radical (unpaired) electrons. The van der Waals surface area contributed by atoms with Gasteiger partial charge in [-0.25, -0.2) is 0 Å². The molecule has 0 aromatic heterocycles. The highest BCUT2D eigenvalue weighted by Gasteiger charge is 2.21. The molecule has 2 unspecified atom stereocenters. The predicted molar refractivity (Wildman–Crippen MR) is 75.3 cm³/mol. The second-order valence-corrected chi connectivity index (χ2v) is 7.86. The van der Waals surface area contributed by atoms with E-state index in [1.165, 1.54) is 25.1 Å². The zero-order chi connectivity index (χ0) is 12.2. The van der Waals surface area contributed by atoms with Gasteiger partial charge in [-0.05, 0) is 33.4 Å². The van der Waals surface area contributed by atoms with Gasteiger partial charge in [-0.1, -0.05) is 20.8 Å². The standard InChI is InChI=1S/C13H28N2S/c1-11(10-16-13(2,3)4)14-9-12-7-6-8-15(12)5/h11-12,14H,6-10H2,1-5H3. The summed E-state index contributed by atoms with van der Waals surface area (Å²) in [4.78, 5) is 2.48. The number of thioether (sulfide) groups is 1. The van der Waals surface area contributed by atoms with Crippen LogP contribution in [0.15, 0.2) is 0 Å². The van der Waals surface area contributed by atoms with Crippen LogP contribution in [-0.4, -0.2) is 47.6 Å². The Bertz CT molecular complexity index is 201. The van der Waals surface area contributed by atoms with Gasteiger partial charge in [0.25, 0.3) is 0 Å². The number of hydrogen-bond acceptors (Lipinski definition) is 3. The molecule has 0 amide bonds. The first-order chi connectivity index (χ1) is 7.38. The van der Waals surface area contributed by atoms with E-state index in [1.54, 1.807) is 0 Å². The van der Waals surface area contributed by atoms with E-state index in [9.17, 15) is 0 Å². The first kappa shape index (κ1) is 14.3. The lowest BCUT2D eigenvalue weighted by Gasteiger charge is -2.24. The van der Waals surface area contributed by atoms with E-state index < -0.39 is 0 Å². The van der Waals surface area contributed by atoms with Gasteiger partial charge in [0.15, 0.2) is 0 Å². The maximum absolute atomic E-state index is 3.67. The van der Waals surface area contributed by atoms with Crippen LogP contribution in [0.5, 0.6) is 0 Å². The van der Waals surface area contributed by atoms with E-state index in [0.717, 1.165) is 12.6 Å². The molecule has 1 aliphatic rings. The van der Waals surface area contributed by atoms with Crippen molar-refractivity contribution in [3.05, 3.63) is 0 Å². The summed E-state index contributed by atoms with van der Waals surface area (Å²) in [6, 6.07) is 1.39. The van der Waals surface area contributed by atoms with Crippen molar-refractivity contribution in [1.29, 1.82) is 0 Å². The Kier molecular flexibility index (Phi) is 5.62. The Labute approximate surface area is 106 Å². The molecule has 3 heteroatoms. The van der Waals surface area contributed by atoms with Crippen molar-refractivity contribution in [3.63, 3.8) is 0 Å². The Balaban J connectivity index is 2.12. The second-order valence-electron chi connectivity index (χ2n) is 6.01. The molecule has 2 atom stereocenters. The molecule has 1 heterocycles. The molecule has 1 rings (SSSR count). The average Bonchev–Trinajstić information content (AvgIpc) is 2.57. The van der Waals surface area contributed by atoms with Crippen LogP contribution in [0.1, 0.15) is 40.5 Å². The smallest absolute Gasteiger partial charge is 0.0218 e. The molecule has 96 valence electrons. The molecule has 1 N–H and O–H groups in total. The minimum absolute atomic E-state index is 0.389. The molecule has 0 aromatic carbocycles. The van der Waals surface area contributed by atoms with E-state index >= 15 is 0 Å². The third kappa shape index (κ3) is 5.55. The van der Waals surface area contributed by atoms with E-state index in [1.807, 2.05) is 11.8 Å². The van der Waals surface area contributed by atoms with Crippen LogP contribution in [0.4, 0.5) is 0 Å². The topological polar surface area (TPSA) is 15.3 Å². The molecule has 0 aliphatic carbocycles. The Morgan fingerprint density at radius 1 is 1.44 bits per heavy atom. The molecule has 0 saturated carbocycles. The summed E-state index contributed by atoms with van der Waals surface area (Å²) in [6.45, 7) is 11.6. The Morgan fingerprint density at radius 3 is 2.62 bits per heavy atom. The maximum Gasteiger partial charge on any atom is 0.0218 e. The highest BCUT2D eigenvalue weighted by molar-refractivity contribution is 8.00. The van der Waals surface area contributed by atoms with Crippen molar-refractivity contribution < 1.29 is 0 Å². The Hall–Kier alpha value is 0.270. The quantitative estimate of drug-likeness (QED) is 0.800. The van der Waals surface area contributed by atoms with Gasteiger partial charge in [0.2, 0.25) is 0 Å². The minimum atomic E-state index is 0.389. The summed E-state index contributed by atoms with van der Waals surface area (Å²) in [6.07, 6.45) is 2.73. The number of likely N-dealkylation sites (tertiary alicyclic amines) is 1. The number of rotatable bonds is 5. The lowest BCUT2D eigenvalue weighted by atomic mass is 10.2. The van der Waals surface area contributed by atoms with Gasteiger partial charge in [-0.3, -0.25) is 0 Å². The van der Waals surface area contributed by atoms with Crippen LogP contribution in [0.25, 0.3) is 0 Å². The summed E-state index contributed by atoms with van der Waals surface area (Å²) in [5.74, 6) is 1.21. The van der Waals surface area contributed by atoms with Crippen molar-refractivity contribution in [2.45, 2.75) is 57.4 Å². The van der Waals surface area contributed by atoms with Crippen LogP contribution in [0.2, 0.25) is 0 Å². The first-order valence-corrected chi connectivity index (χ1v) is 7.44. The van der Waals surface area contributed by atoms with Crippen molar-refractivity contribution in [2.24, 2.45) is 0 Å². The number of nitrogens with one attached hydrogen (secondary N) is 1. The summed E-state index contributed by atoms with van der Waals surface area (Å²) in [5.41, 5.74) is 0. The van der Waals surface area contributed by atoms with Crippen LogP contribution >= 0.6 is 11.8 Å². The molecule has 0 spiro atoms. The third-order valence-electron chi connectivity index (χ3n) is 3.14. The largest absolute Gasteiger partial charge is 0.312 e. The molecule has 1 aliphatic heterocycles. The average molecular weight is 244 g/mol. The van der Waals surface area contributed by atoms with Crippen molar-refractivity contribution in [2.75, 3.05) is 25.9 Å². The Morgan fingerprint density at radius 2 is 2.12 bits per heavy atom. The van der Waals surface area contributed by atoms with Gasteiger partial charge >= 0.3 is 0 Å². The molecule has 16 heavy (non-hydrogen) atoms. The van der Waals surface area contributed by atoms with Crippen LogP contribution in [-0.2, 0) is 0 Å². The van der Waals surface area contributed by atoms with E-state index in [4.69, 9.17) is 0 Å². The molecule has 0 bridgehead atoms. The van der Waals surface area contributed by atoms with Gasteiger partial charge in [-0.15, -0.1) is 0 Å². The molecule has 1 saturated heterocycles. The normalized spacial score (nSPS) is 24.9. The van der Waals surface area contributed by atoms with Gasteiger partial charge in [0.1, 0.15) is 0 Å². The van der Waals surface area contributed by atoms with Crippen LogP contribution < -0.4 is 5.32 Å². The minimum Gasteiger partial charge on any atom is -0.312 e. The molecule has 2 nitrogen and oxygen atoms in total. The molecule has 1 fully saturated rings. The number of hydrogen-bond donors (Lipinski definition) is 1. The van der Waals surface area contributed by atoms with Crippen molar-refractivity contribution >= 4 is 11.8 Å². The van der Waals surface area contributed by atoms with Gasteiger partial charge in [0.05, 0.1) is 0 Å². The summed E-state index contributed by atoms with van der Waals surface area (Å²) >= 11 is 2.05. The second kappa shape index (κ2) is 6.27. The summed E-state index contributed by atoms with van der Waals surface area (Å²) < 4.78 is 0.389. The molecular weight excluding hydrogens is 216 g/mol.